The van der Waals surface area contributed by atoms with Crippen LogP contribution in [0, 0.1) is 23.7 Å². The zero-order chi connectivity index (χ0) is 22.8. The Morgan fingerprint density at radius 2 is 1.16 bits per heavy atom. The highest BCUT2D eigenvalue weighted by molar-refractivity contribution is 5.84. The molecule has 0 bridgehead atoms. The molecule has 5 nitrogen and oxygen atoms in total. The van der Waals surface area contributed by atoms with Crippen LogP contribution in [-0.4, -0.2) is 37.6 Å². The van der Waals surface area contributed by atoms with E-state index in [-0.39, 0.29) is 59.4 Å². The van der Waals surface area contributed by atoms with Gasteiger partial charge in [-0.1, -0.05) is 120 Å². The first-order chi connectivity index (χ1) is 13.7. The molecule has 0 amide bonds. The highest BCUT2D eigenvalue weighted by Gasteiger charge is 2.23. The molecule has 7 N–H and O–H groups in total. The summed E-state index contributed by atoms with van der Waals surface area (Å²) in [6.45, 7) is 20.6. The molecule has 0 aromatic carbocycles. The minimum Gasteiger partial charge on any atom is -0.387 e. The van der Waals surface area contributed by atoms with Crippen molar-refractivity contribution in [3.8, 4) is 0 Å². The van der Waals surface area contributed by atoms with Gasteiger partial charge in [0, 0.05) is 18.0 Å². The molecule has 2 rings (SSSR count). The van der Waals surface area contributed by atoms with Crippen LogP contribution in [0.2, 0.25) is 0 Å². The molecule has 0 spiro atoms. The molecule has 2 heterocycles. The first-order valence-corrected chi connectivity index (χ1v) is 12.2. The van der Waals surface area contributed by atoms with Crippen molar-refractivity contribution in [3.63, 3.8) is 0 Å². The number of nitrogens with one attached hydrogen (secondary N) is 1. The summed E-state index contributed by atoms with van der Waals surface area (Å²) in [5, 5.41) is 3.42. The lowest BCUT2D eigenvalue weighted by Crippen LogP contribution is -2.18. The van der Waals surface area contributed by atoms with E-state index in [1.54, 1.807) is 0 Å². The molecule has 2 aliphatic heterocycles. The Labute approximate surface area is 242 Å². The maximum atomic E-state index is 5.63. The van der Waals surface area contributed by atoms with Crippen molar-refractivity contribution in [3.05, 3.63) is 0 Å². The molecular formula is C32H87N5. The number of hydrogen-bond donors (Lipinski definition) is 4. The van der Waals surface area contributed by atoms with Gasteiger partial charge in [0.25, 0.3) is 0 Å². The Kier molecular flexibility index (Phi) is 75.0. The van der Waals surface area contributed by atoms with E-state index >= 15 is 0 Å². The molecule has 0 aromatic rings. The average molecular weight is 542 g/mol. The molecule has 37 heavy (non-hydrogen) atoms. The minimum atomic E-state index is 0. The number of nitrogens with two attached hydrogens (primary N) is 3. The van der Waals surface area contributed by atoms with Crippen LogP contribution in [0.5, 0.6) is 0 Å². The summed E-state index contributed by atoms with van der Waals surface area (Å²) in [5.41, 5.74) is 16.2. The Hall–Kier alpha value is -0.650. The van der Waals surface area contributed by atoms with Crippen molar-refractivity contribution in [1.82, 2.24) is 5.32 Å². The molecule has 5 heteroatoms. The highest BCUT2D eigenvalue weighted by Crippen LogP contribution is 2.22. The van der Waals surface area contributed by atoms with Gasteiger partial charge in [-0.05, 0) is 70.5 Å². The quantitative estimate of drug-likeness (QED) is 0.269. The smallest absolute Gasteiger partial charge is 0.0972 e. The van der Waals surface area contributed by atoms with Gasteiger partial charge in [0.15, 0.2) is 0 Å². The van der Waals surface area contributed by atoms with Gasteiger partial charge in [0.05, 0.1) is 5.84 Å². The second-order valence-corrected chi connectivity index (χ2v) is 8.87. The lowest BCUT2D eigenvalue weighted by molar-refractivity contribution is 0.397. The Bertz CT molecular complexity index is 371. The van der Waals surface area contributed by atoms with Crippen LogP contribution in [0.1, 0.15) is 153 Å². The number of aliphatic imine (C=N–C) groups is 1. The summed E-state index contributed by atoms with van der Waals surface area (Å²) in [6, 6.07) is 0.852. The minimum absolute atomic E-state index is 0. The number of hydrogen-bond acceptors (Lipinski definition) is 5. The summed E-state index contributed by atoms with van der Waals surface area (Å²) in [7, 11) is 0. The Morgan fingerprint density at radius 1 is 0.784 bits per heavy atom. The summed E-state index contributed by atoms with van der Waals surface area (Å²) in [4.78, 5) is 4.24. The van der Waals surface area contributed by atoms with Gasteiger partial charge in [-0.2, -0.15) is 0 Å². The molecular weight excluding hydrogens is 454 g/mol. The van der Waals surface area contributed by atoms with Crippen LogP contribution in [0.3, 0.4) is 0 Å². The Morgan fingerprint density at radius 3 is 1.30 bits per heavy atom. The van der Waals surface area contributed by atoms with Crippen molar-refractivity contribution in [2.24, 2.45) is 45.9 Å². The number of rotatable bonds is 6. The van der Waals surface area contributed by atoms with Gasteiger partial charge in [0.2, 0.25) is 0 Å². The molecule has 240 valence electrons. The van der Waals surface area contributed by atoms with E-state index in [4.69, 9.17) is 17.2 Å². The highest BCUT2D eigenvalue weighted by atomic mass is 14.9. The van der Waals surface area contributed by atoms with E-state index in [0.717, 1.165) is 43.5 Å². The largest absolute Gasteiger partial charge is 0.387 e. The van der Waals surface area contributed by atoms with E-state index in [1.807, 2.05) is 6.92 Å². The van der Waals surface area contributed by atoms with Crippen molar-refractivity contribution < 1.29 is 0 Å². The third-order valence-electron chi connectivity index (χ3n) is 6.18. The molecule has 0 aromatic heterocycles. The second-order valence-electron chi connectivity index (χ2n) is 8.87. The normalized spacial score (nSPS) is 21.4. The van der Waals surface area contributed by atoms with Gasteiger partial charge in [-0.25, -0.2) is 0 Å². The fraction of sp³-hybridized carbons (Fsp3) is 0.969. The van der Waals surface area contributed by atoms with Crippen LogP contribution in [-0.2, 0) is 0 Å². The van der Waals surface area contributed by atoms with Crippen molar-refractivity contribution in [2.75, 3.05) is 19.6 Å². The summed E-state index contributed by atoms with van der Waals surface area (Å²) in [6.07, 6.45) is 7.29. The molecule has 0 radical (unpaired) electrons. The van der Waals surface area contributed by atoms with Crippen LogP contribution in [0.15, 0.2) is 4.99 Å². The van der Waals surface area contributed by atoms with E-state index in [2.05, 4.69) is 58.8 Å². The van der Waals surface area contributed by atoms with Crippen LogP contribution in [0.25, 0.3) is 0 Å². The lowest BCUT2D eigenvalue weighted by Gasteiger charge is -2.12. The molecule has 6 unspecified atom stereocenters. The third-order valence-corrected chi connectivity index (χ3v) is 6.18. The van der Waals surface area contributed by atoms with Gasteiger partial charge in [0.1, 0.15) is 0 Å². The number of nitrogens with zero attached hydrogens (tertiary/aromatic N) is 1. The SMILES string of the molecule is C.C.C.C.C.C.C.C.CCC(C)CN.CCC(C)N.CCC1CC(C)N=C1N.CCC1CNCC1CC. The molecule has 0 saturated carbocycles. The Balaban J connectivity index is -0.0000000314. The van der Waals surface area contributed by atoms with Crippen molar-refractivity contribution >= 4 is 5.84 Å². The van der Waals surface area contributed by atoms with Crippen molar-refractivity contribution in [2.45, 2.75) is 165 Å². The lowest BCUT2D eigenvalue weighted by atomic mass is 9.92. The second kappa shape index (κ2) is 42.4. The number of amidine groups is 1. The van der Waals surface area contributed by atoms with Crippen LogP contribution >= 0.6 is 0 Å². The van der Waals surface area contributed by atoms with Crippen LogP contribution in [0.4, 0.5) is 0 Å². The summed E-state index contributed by atoms with van der Waals surface area (Å²) < 4.78 is 0. The van der Waals surface area contributed by atoms with Gasteiger partial charge in [-0.3, -0.25) is 4.99 Å². The fourth-order valence-corrected chi connectivity index (χ4v) is 3.23. The van der Waals surface area contributed by atoms with E-state index < -0.39 is 0 Å². The monoisotopic (exact) mass is 542 g/mol. The van der Waals surface area contributed by atoms with E-state index in [1.165, 1.54) is 32.4 Å². The average Bonchev–Trinajstić information content (AvgIpc) is 3.33. The zero-order valence-electron chi connectivity index (χ0n) is 21.0. The maximum absolute atomic E-state index is 5.63. The molecule has 6 atom stereocenters. The standard InChI is InChI=1S/C8H17N.C7H14N2.C5H13N.C4H11N.8CH4/c1-3-7-5-9-6-8(7)4-2;1-3-6-4-5(2)9-7(6)8;1-3-5(2)4-6;1-3-4(2)5;;;;;;;;/h7-9H,3-6H2,1-2H3;5-6H,3-4H2,1-2H3,(H2,8,9);5H,3-4,6H2,1-2H3;4H,3,5H2,1-2H3;8*1H4. The first-order valence-electron chi connectivity index (χ1n) is 12.2. The van der Waals surface area contributed by atoms with Gasteiger partial charge < -0.3 is 22.5 Å². The zero-order valence-corrected chi connectivity index (χ0v) is 21.0. The van der Waals surface area contributed by atoms with Gasteiger partial charge in [-0.15, -0.1) is 0 Å². The van der Waals surface area contributed by atoms with Crippen LogP contribution < -0.4 is 22.5 Å². The predicted octanol–water partition coefficient (Wildman–Crippen LogP) is 9.63. The van der Waals surface area contributed by atoms with E-state index in [0.29, 0.717) is 23.9 Å². The predicted molar refractivity (Wildman–Crippen MR) is 186 cm³/mol. The molecule has 1 saturated heterocycles. The third kappa shape index (κ3) is 35.4. The fourth-order valence-electron chi connectivity index (χ4n) is 3.23. The molecule has 2 aliphatic rings. The summed E-state index contributed by atoms with van der Waals surface area (Å²) >= 11 is 0. The maximum Gasteiger partial charge on any atom is 0.0972 e. The molecule has 0 aliphatic carbocycles. The topological polar surface area (TPSA) is 102 Å². The van der Waals surface area contributed by atoms with E-state index in [9.17, 15) is 0 Å². The summed E-state index contributed by atoms with van der Waals surface area (Å²) in [5.74, 6) is 4.08. The van der Waals surface area contributed by atoms with Crippen molar-refractivity contribution in [1.29, 1.82) is 0 Å². The van der Waals surface area contributed by atoms with Gasteiger partial charge >= 0.3 is 0 Å². The molecule has 1 fully saturated rings. The first kappa shape index (κ1) is 65.4.